The minimum absolute atomic E-state index is 0.0496. The highest BCUT2D eigenvalue weighted by molar-refractivity contribution is 6.07. The number of rotatable bonds is 5. The van der Waals surface area contributed by atoms with Crippen molar-refractivity contribution >= 4 is 17.8 Å². The third-order valence-corrected chi connectivity index (χ3v) is 6.28. The van der Waals surface area contributed by atoms with Gasteiger partial charge in [-0.15, -0.1) is 0 Å². The van der Waals surface area contributed by atoms with Gasteiger partial charge in [-0.1, -0.05) is 18.6 Å². The lowest BCUT2D eigenvalue weighted by Gasteiger charge is -2.29. The molecule has 7 nitrogen and oxygen atoms in total. The largest absolute Gasteiger partial charge is 0.354 e. The van der Waals surface area contributed by atoms with Crippen molar-refractivity contribution in [1.82, 2.24) is 20.9 Å². The molecule has 3 N–H and O–H groups in total. The number of carbonyl (C=O) groups excluding carboxylic acids is 3. The van der Waals surface area contributed by atoms with Gasteiger partial charge in [0.25, 0.3) is 5.91 Å². The van der Waals surface area contributed by atoms with Crippen LogP contribution in [0.5, 0.6) is 0 Å². The summed E-state index contributed by atoms with van der Waals surface area (Å²) in [5.74, 6) is -0.706. The number of hydrogen-bond donors (Lipinski definition) is 3. The first-order chi connectivity index (χ1) is 13.5. The number of nitrogens with one attached hydrogen (secondary N) is 3. The van der Waals surface area contributed by atoms with Crippen molar-refractivity contribution in [3.8, 4) is 0 Å². The molecule has 2 saturated heterocycles. The number of urea groups is 1. The first-order valence-electron chi connectivity index (χ1n) is 9.88. The molecular weight excluding hydrogens is 363 g/mol. The predicted octanol–water partition coefficient (Wildman–Crippen LogP) is 1.28. The molecule has 2 heterocycles. The molecule has 0 unspecified atom stereocenters. The second-order valence-corrected chi connectivity index (χ2v) is 7.97. The molecule has 8 heteroatoms. The zero-order valence-corrected chi connectivity index (χ0v) is 15.7. The molecule has 0 aromatic heterocycles. The van der Waals surface area contributed by atoms with Crippen LogP contribution in [0.4, 0.5) is 9.18 Å². The van der Waals surface area contributed by atoms with Crippen LogP contribution in [0.2, 0.25) is 0 Å². The molecule has 28 heavy (non-hydrogen) atoms. The van der Waals surface area contributed by atoms with E-state index in [2.05, 4.69) is 20.9 Å². The third-order valence-electron chi connectivity index (χ3n) is 6.28. The molecule has 1 saturated carbocycles. The van der Waals surface area contributed by atoms with E-state index in [0.717, 1.165) is 37.8 Å². The average molecular weight is 388 g/mol. The highest BCUT2D eigenvalue weighted by Gasteiger charge is 2.54. The fourth-order valence-corrected chi connectivity index (χ4v) is 4.80. The van der Waals surface area contributed by atoms with Gasteiger partial charge in [-0.2, -0.15) is 0 Å². The fourth-order valence-electron chi connectivity index (χ4n) is 4.80. The standard InChI is InChI=1S/C20H25FN4O3/c21-15-7-5-13(6-8-15)12-25-10-2-4-16(25)17(26)22-11-14-3-1-9-20(14)18(27)23-19(28)24-20/h5-8,14,16H,1-4,9-12H2,(H,22,26)(H2,23,24,27,28)/t14-,16+,20-/m1/s1. The van der Waals surface area contributed by atoms with Crippen LogP contribution in [0.25, 0.3) is 0 Å². The number of benzene rings is 1. The third kappa shape index (κ3) is 3.48. The van der Waals surface area contributed by atoms with E-state index in [4.69, 9.17) is 0 Å². The summed E-state index contributed by atoms with van der Waals surface area (Å²) in [7, 11) is 0. The summed E-state index contributed by atoms with van der Waals surface area (Å²) < 4.78 is 13.1. The molecule has 4 amide bonds. The SMILES string of the molecule is O=C1NC(=O)[C@]2(CCC[C@@H]2CNC(=O)[C@@H]2CCCN2Cc2ccc(F)cc2)N1. The quantitative estimate of drug-likeness (QED) is 0.663. The smallest absolute Gasteiger partial charge is 0.322 e. The summed E-state index contributed by atoms with van der Waals surface area (Å²) in [5, 5.41) is 8.11. The van der Waals surface area contributed by atoms with Crippen LogP contribution in [-0.4, -0.2) is 47.4 Å². The van der Waals surface area contributed by atoms with Crippen LogP contribution < -0.4 is 16.0 Å². The highest BCUT2D eigenvalue weighted by atomic mass is 19.1. The van der Waals surface area contributed by atoms with Crippen molar-refractivity contribution in [3.63, 3.8) is 0 Å². The maximum Gasteiger partial charge on any atom is 0.322 e. The summed E-state index contributed by atoms with van der Waals surface area (Å²) in [6.07, 6.45) is 3.95. The Balaban J connectivity index is 1.36. The lowest BCUT2D eigenvalue weighted by molar-refractivity contribution is -0.128. The molecule has 0 radical (unpaired) electrons. The van der Waals surface area contributed by atoms with Gasteiger partial charge in [0.15, 0.2) is 0 Å². The summed E-state index contributed by atoms with van der Waals surface area (Å²) in [6, 6.07) is 5.67. The summed E-state index contributed by atoms with van der Waals surface area (Å²) >= 11 is 0. The lowest BCUT2D eigenvalue weighted by Crippen LogP contribution is -2.54. The second-order valence-electron chi connectivity index (χ2n) is 7.97. The lowest BCUT2D eigenvalue weighted by atomic mass is 9.87. The Morgan fingerprint density at radius 1 is 1.21 bits per heavy atom. The first kappa shape index (κ1) is 18.9. The van der Waals surface area contributed by atoms with E-state index < -0.39 is 11.6 Å². The number of hydrogen-bond acceptors (Lipinski definition) is 4. The van der Waals surface area contributed by atoms with Crippen molar-refractivity contribution in [2.45, 2.75) is 50.2 Å². The second kappa shape index (κ2) is 7.50. The Hall–Kier alpha value is -2.48. The summed E-state index contributed by atoms with van der Waals surface area (Å²) in [5.41, 5.74) is 0.0922. The summed E-state index contributed by atoms with van der Waals surface area (Å²) in [6.45, 7) is 1.79. The van der Waals surface area contributed by atoms with Crippen molar-refractivity contribution in [1.29, 1.82) is 0 Å². The van der Waals surface area contributed by atoms with Crippen molar-refractivity contribution < 1.29 is 18.8 Å². The Bertz CT molecular complexity index is 784. The van der Waals surface area contributed by atoms with Crippen LogP contribution in [0.3, 0.4) is 0 Å². The molecule has 150 valence electrons. The number of likely N-dealkylation sites (tertiary alicyclic amines) is 1. The van der Waals surface area contributed by atoms with Crippen LogP contribution in [0.1, 0.15) is 37.7 Å². The van der Waals surface area contributed by atoms with Gasteiger partial charge < -0.3 is 10.6 Å². The number of amides is 4. The van der Waals surface area contributed by atoms with Crippen LogP contribution in [0, 0.1) is 11.7 Å². The Kier molecular flexibility index (Phi) is 5.05. The van der Waals surface area contributed by atoms with Gasteiger partial charge in [-0.25, -0.2) is 9.18 Å². The normalized spacial score (nSPS) is 29.9. The molecule has 1 aromatic rings. The van der Waals surface area contributed by atoms with Gasteiger partial charge >= 0.3 is 6.03 Å². The molecule has 2 aliphatic heterocycles. The Labute approximate surface area is 163 Å². The molecule has 3 atom stereocenters. The number of halogens is 1. The predicted molar refractivity (Wildman–Crippen MR) is 99.6 cm³/mol. The van der Waals surface area contributed by atoms with Crippen LogP contribution in [0.15, 0.2) is 24.3 Å². The molecule has 3 fully saturated rings. The maximum atomic E-state index is 13.1. The fraction of sp³-hybridized carbons (Fsp3) is 0.550. The van der Waals surface area contributed by atoms with Crippen molar-refractivity contribution in [2.75, 3.05) is 13.1 Å². The van der Waals surface area contributed by atoms with Crippen molar-refractivity contribution in [2.24, 2.45) is 5.92 Å². The molecule has 3 aliphatic rings. The molecule has 1 aliphatic carbocycles. The minimum atomic E-state index is -0.881. The van der Waals surface area contributed by atoms with E-state index in [1.54, 1.807) is 12.1 Å². The zero-order chi connectivity index (χ0) is 19.7. The van der Waals surface area contributed by atoms with E-state index in [0.29, 0.717) is 19.5 Å². The number of nitrogens with zero attached hydrogens (tertiary/aromatic N) is 1. The van der Waals surface area contributed by atoms with E-state index in [1.807, 2.05) is 0 Å². The van der Waals surface area contributed by atoms with Gasteiger partial charge in [0.2, 0.25) is 5.91 Å². The Morgan fingerprint density at radius 3 is 2.71 bits per heavy atom. The molecule has 1 aromatic carbocycles. The van der Waals surface area contributed by atoms with Crippen molar-refractivity contribution in [3.05, 3.63) is 35.6 Å². The number of carbonyl (C=O) groups is 3. The van der Waals surface area contributed by atoms with Gasteiger partial charge in [-0.3, -0.25) is 19.8 Å². The molecule has 0 bridgehead atoms. The minimum Gasteiger partial charge on any atom is -0.354 e. The van der Waals surface area contributed by atoms with E-state index >= 15 is 0 Å². The zero-order valence-electron chi connectivity index (χ0n) is 15.7. The van der Waals surface area contributed by atoms with Crippen LogP contribution in [-0.2, 0) is 16.1 Å². The number of imide groups is 1. The monoisotopic (exact) mass is 388 g/mol. The highest BCUT2D eigenvalue weighted by Crippen LogP contribution is 2.37. The average Bonchev–Trinajstić information content (AvgIpc) is 3.35. The van der Waals surface area contributed by atoms with Crippen LogP contribution >= 0.6 is 0 Å². The Morgan fingerprint density at radius 2 is 2.00 bits per heavy atom. The van der Waals surface area contributed by atoms with E-state index in [9.17, 15) is 18.8 Å². The first-order valence-corrected chi connectivity index (χ1v) is 9.88. The molecule has 4 rings (SSSR count). The van der Waals surface area contributed by atoms with Gasteiger partial charge in [0.05, 0.1) is 6.04 Å². The topological polar surface area (TPSA) is 90.5 Å². The molecular formula is C20H25FN4O3. The van der Waals surface area contributed by atoms with Gasteiger partial charge in [0.1, 0.15) is 11.4 Å². The van der Waals surface area contributed by atoms with E-state index in [1.165, 1.54) is 12.1 Å². The molecule has 1 spiro atoms. The van der Waals surface area contributed by atoms with Gasteiger partial charge in [-0.05, 0) is 49.9 Å². The maximum absolute atomic E-state index is 13.1. The summed E-state index contributed by atoms with van der Waals surface area (Å²) in [4.78, 5) is 38.8. The van der Waals surface area contributed by atoms with Gasteiger partial charge in [0, 0.05) is 19.0 Å². The van der Waals surface area contributed by atoms with E-state index in [-0.39, 0.29) is 29.6 Å².